The number of nitrogens with zero attached hydrogens (tertiary/aromatic N) is 1. The van der Waals surface area contributed by atoms with Crippen LogP contribution in [0.3, 0.4) is 0 Å². The van der Waals surface area contributed by atoms with E-state index in [9.17, 15) is 9.59 Å². The number of hydrogen-bond acceptors (Lipinski definition) is 2. The highest BCUT2D eigenvalue weighted by Crippen LogP contribution is 2.07. The first-order chi connectivity index (χ1) is 5.74. The van der Waals surface area contributed by atoms with Crippen molar-refractivity contribution < 1.29 is 9.59 Å². The molecule has 12 heavy (non-hydrogen) atoms. The van der Waals surface area contributed by atoms with Crippen LogP contribution >= 0.6 is 0 Å². The van der Waals surface area contributed by atoms with Crippen LogP contribution in [0.25, 0.3) is 0 Å². The van der Waals surface area contributed by atoms with E-state index in [1.165, 1.54) is 0 Å². The monoisotopic (exact) mass is 171 g/mol. The van der Waals surface area contributed by atoms with E-state index >= 15 is 0 Å². The van der Waals surface area contributed by atoms with Crippen molar-refractivity contribution in [2.75, 3.05) is 13.6 Å². The molecule has 1 unspecified atom stereocenters. The van der Waals surface area contributed by atoms with E-state index < -0.39 is 0 Å². The minimum Gasteiger partial charge on any atom is -0.348 e. The van der Waals surface area contributed by atoms with Gasteiger partial charge in [-0.3, -0.25) is 4.79 Å². The fourth-order valence-corrected chi connectivity index (χ4v) is 1.02. The predicted octanol–water partition coefficient (Wildman–Crippen LogP) is 1.08. The minimum atomic E-state index is 0.171. The van der Waals surface area contributed by atoms with E-state index in [1.54, 1.807) is 11.9 Å². The smallest absolute Gasteiger partial charge is 0.209 e. The van der Waals surface area contributed by atoms with Crippen LogP contribution < -0.4 is 0 Å². The van der Waals surface area contributed by atoms with Crippen LogP contribution in [-0.4, -0.2) is 31.2 Å². The zero-order valence-corrected chi connectivity index (χ0v) is 7.82. The molecule has 0 aliphatic rings. The zero-order chi connectivity index (χ0) is 9.40. The maximum atomic E-state index is 10.4. The lowest BCUT2D eigenvalue weighted by atomic mass is 10.0. The Kier molecular flexibility index (Phi) is 6.34. The van der Waals surface area contributed by atoms with E-state index in [-0.39, 0.29) is 5.92 Å². The summed E-state index contributed by atoms with van der Waals surface area (Å²) in [6, 6.07) is 0. The molecule has 0 aliphatic carbocycles. The Hall–Kier alpha value is -0.860. The third-order valence-corrected chi connectivity index (χ3v) is 1.98. The van der Waals surface area contributed by atoms with Gasteiger partial charge in [-0.15, -0.1) is 0 Å². The lowest BCUT2D eigenvalue weighted by Gasteiger charge is -2.11. The highest BCUT2D eigenvalue weighted by Gasteiger charge is 2.03. The first-order valence-electron chi connectivity index (χ1n) is 4.35. The van der Waals surface area contributed by atoms with Crippen LogP contribution in [0.15, 0.2) is 0 Å². The molecular formula is C9H17NO2. The summed E-state index contributed by atoms with van der Waals surface area (Å²) in [6.45, 7) is 2.75. The fourth-order valence-electron chi connectivity index (χ4n) is 1.02. The normalized spacial score (nSPS) is 12.2. The van der Waals surface area contributed by atoms with Crippen molar-refractivity contribution in [3.63, 3.8) is 0 Å². The van der Waals surface area contributed by atoms with Gasteiger partial charge in [0.2, 0.25) is 6.41 Å². The number of carbonyl (C=O) groups is 2. The van der Waals surface area contributed by atoms with Gasteiger partial charge in [-0.05, 0) is 19.3 Å². The second kappa shape index (κ2) is 6.83. The van der Waals surface area contributed by atoms with Crippen molar-refractivity contribution in [1.29, 1.82) is 0 Å². The molecule has 0 aromatic rings. The van der Waals surface area contributed by atoms with Crippen molar-refractivity contribution in [3.8, 4) is 0 Å². The zero-order valence-electron chi connectivity index (χ0n) is 7.82. The highest BCUT2D eigenvalue weighted by atomic mass is 16.1. The van der Waals surface area contributed by atoms with Gasteiger partial charge in [0.1, 0.15) is 6.29 Å². The van der Waals surface area contributed by atoms with Crippen molar-refractivity contribution >= 4 is 12.7 Å². The molecule has 0 aromatic carbocycles. The summed E-state index contributed by atoms with van der Waals surface area (Å²) in [5.74, 6) is 0.171. The largest absolute Gasteiger partial charge is 0.348 e. The van der Waals surface area contributed by atoms with Crippen LogP contribution in [0.4, 0.5) is 0 Å². The standard InChI is InChI=1S/C9H17NO2/c1-3-9(7-11)5-4-6-10(2)8-12/h7-9H,3-6H2,1-2H3. The van der Waals surface area contributed by atoms with Crippen LogP contribution in [0.5, 0.6) is 0 Å². The number of hydrogen-bond donors (Lipinski definition) is 0. The Balaban J connectivity index is 3.40. The van der Waals surface area contributed by atoms with E-state index in [2.05, 4.69) is 0 Å². The molecule has 3 heteroatoms. The van der Waals surface area contributed by atoms with Gasteiger partial charge in [0.25, 0.3) is 0 Å². The third kappa shape index (κ3) is 4.88. The van der Waals surface area contributed by atoms with Crippen molar-refractivity contribution in [2.24, 2.45) is 5.92 Å². The number of amides is 1. The minimum absolute atomic E-state index is 0.171. The number of aldehydes is 1. The summed E-state index contributed by atoms with van der Waals surface area (Å²) in [7, 11) is 1.74. The summed E-state index contributed by atoms with van der Waals surface area (Å²) < 4.78 is 0. The maximum absolute atomic E-state index is 10.4. The summed E-state index contributed by atoms with van der Waals surface area (Å²) in [4.78, 5) is 22.2. The topological polar surface area (TPSA) is 37.4 Å². The van der Waals surface area contributed by atoms with Crippen LogP contribution in [0.2, 0.25) is 0 Å². The molecule has 0 heterocycles. The number of carbonyl (C=O) groups excluding carboxylic acids is 2. The second-order valence-electron chi connectivity index (χ2n) is 3.03. The molecule has 0 bridgehead atoms. The van der Waals surface area contributed by atoms with Crippen molar-refractivity contribution in [3.05, 3.63) is 0 Å². The Morgan fingerprint density at radius 1 is 1.42 bits per heavy atom. The molecule has 0 saturated heterocycles. The molecule has 0 spiro atoms. The van der Waals surface area contributed by atoms with Crippen LogP contribution in [-0.2, 0) is 9.59 Å². The van der Waals surface area contributed by atoms with Gasteiger partial charge < -0.3 is 9.69 Å². The molecule has 1 amide bonds. The van der Waals surface area contributed by atoms with Crippen LogP contribution in [0.1, 0.15) is 26.2 Å². The lowest BCUT2D eigenvalue weighted by molar-refractivity contribution is -0.117. The molecule has 0 aromatic heterocycles. The van der Waals surface area contributed by atoms with E-state index in [4.69, 9.17) is 0 Å². The molecule has 3 nitrogen and oxygen atoms in total. The Bertz CT molecular complexity index is 136. The third-order valence-electron chi connectivity index (χ3n) is 1.98. The van der Waals surface area contributed by atoms with Crippen LogP contribution in [0, 0.1) is 5.92 Å². The average molecular weight is 171 g/mol. The van der Waals surface area contributed by atoms with Gasteiger partial charge in [-0.2, -0.15) is 0 Å². The van der Waals surface area contributed by atoms with Gasteiger partial charge >= 0.3 is 0 Å². The lowest BCUT2D eigenvalue weighted by Crippen LogP contribution is -2.18. The quantitative estimate of drug-likeness (QED) is 0.537. The average Bonchev–Trinajstić information content (AvgIpc) is 2.12. The molecule has 0 fully saturated rings. The van der Waals surface area contributed by atoms with E-state index in [1.807, 2.05) is 6.92 Å². The molecular weight excluding hydrogens is 154 g/mol. The summed E-state index contributed by atoms with van der Waals surface area (Å²) in [6.07, 6.45) is 4.50. The van der Waals surface area contributed by atoms with Crippen molar-refractivity contribution in [2.45, 2.75) is 26.2 Å². The fraction of sp³-hybridized carbons (Fsp3) is 0.778. The van der Waals surface area contributed by atoms with E-state index in [0.717, 1.165) is 38.5 Å². The molecule has 0 saturated carbocycles. The first-order valence-corrected chi connectivity index (χ1v) is 4.35. The Morgan fingerprint density at radius 3 is 2.50 bits per heavy atom. The molecule has 0 rings (SSSR count). The second-order valence-corrected chi connectivity index (χ2v) is 3.03. The molecule has 0 aliphatic heterocycles. The summed E-state index contributed by atoms with van der Waals surface area (Å²) in [5.41, 5.74) is 0. The Labute approximate surface area is 73.7 Å². The van der Waals surface area contributed by atoms with E-state index in [0.29, 0.717) is 0 Å². The Morgan fingerprint density at radius 2 is 2.08 bits per heavy atom. The van der Waals surface area contributed by atoms with Gasteiger partial charge in [0.05, 0.1) is 0 Å². The van der Waals surface area contributed by atoms with Gasteiger partial charge in [-0.1, -0.05) is 6.92 Å². The summed E-state index contributed by atoms with van der Waals surface area (Å²) >= 11 is 0. The number of rotatable bonds is 7. The highest BCUT2D eigenvalue weighted by molar-refractivity contribution is 5.53. The van der Waals surface area contributed by atoms with Crippen molar-refractivity contribution in [1.82, 2.24) is 4.90 Å². The SMILES string of the molecule is CCC(C=O)CCCN(C)C=O. The predicted molar refractivity (Wildman–Crippen MR) is 47.8 cm³/mol. The summed E-state index contributed by atoms with van der Waals surface area (Å²) in [5, 5.41) is 0. The molecule has 70 valence electrons. The molecule has 1 atom stereocenters. The molecule has 0 radical (unpaired) electrons. The van der Waals surface area contributed by atoms with Gasteiger partial charge in [0.15, 0.2) is 0 Å². The van der Waals surface area contributed by atoms with Gasteiger partial charge in [0, 0.05) is 19.5 Å². The first kappa shape index (κ1) is 11.1. The van der Waals surface area contributed by atoms with Gasteiger partial charge in [-0.25, -0.2) is 0 Å². The molecule has 0 N–H and O–H groups in total. The maximum Gasteiger partial charge on any atom is 0.209 e.